The van der Waals surface area contributed by atoms with E-state index in [9.17, 15) is 4.79 Å². The first-order valence-electron chi connectivity index (χ1n) is 6.59. The fourth-order valence-electron chi connectivity index (χ4n) is 2.11. The van der Waals surface area contributed by atoms with Crippen molar-refractivity contribution < 1.29 is 14.3 Å². The van der Waals surface area contributed by atoms with E-state index in [4.69, 9.17) is 9.47 Å². The third-order valence-electron chi connectivity index (χ3n) is 3.43. The van der Waals surface area contributed by atoms with E-state index in [-0.39, 0.29) is 11.3 Å². The molecule has 1 aromatic carbocycles. The Morgan fingerprint density at radius 3 is 2.79 bits per heavy atom. The maximum Gasteiger partial charge on any atom is 0.220 e. The van der Waals surface area contributed by atoms with Crippen molar-refractivity contribution in [2.75, 3.05) is 26.9 Å². The highest BCUT2D eigenvalue weighted by Crippen LogP contribution is 2.25. The van der Waals surface area contributed by atoms with Crippen molar-refractivity contribution in [2.24, 2.45) is 5.41 Å². The van der Waals surface area contributed by atoms with Crippen molar-refractivity contribution in [3.05, 3.63) is 29.8 Å². The SMILES string of the molecule is COc1ccccc1CCC(=O)NCC1(C)COC1. The van der Waals surface area contributed by atoms with Crippen molar-refractivity contribution in [3.63, 3.8) is 0 Å². The Kier molecular flexibility index (Phi) is 4.43. The Bertz CT molecular complexity index is 441. The molecule has 4 heteroatoms. The van der Waals surface area contributed by atoms with E-state index in [1.54, 1.807) is 7.11 Å². The van der Waals surface area contributed by atoms with Gasteiger partial charge < -0.3 is 14.8 Å². The molecule has 1 heterocycles. The van der Waals surface area contributed by atoms with Gasteiger partial charge >= 0.3 is 0 Å². The maximum atomic E-state index is 11.8. The van der Waals surface area contributed by atoms with Crippen LogP contribution in [0.4, 0.5) is 0 Å². The molecule has 0 aromatic heterocycles. The number of ether oxygens (including phenoxy) is 2. The Morgan fingerprint density at radius 2 is 2.16 bits per heavy atom. The molecule has 0 saturated carbocycles. The first-order valence-corrected chi connectivity index (χ1v) is 6.59. The van der Waals surface area contributed by atoms with Gasteiger partial charge in [-0.1, -0.05) is 25.1 Å². The number of nitrogens with one attached hydrogen (secondary N) is 1. The van der Waals surface area contributed by atoms with Gasteiger partial charge in [0.2, 0.25) is 5.91 Å². The second-order valence-electron chi connectivity index (χ2n) is 5.39. The van der Waals surface area contributed by atoms with Gasteiger partial charge in [0, 0.05) is 18.4 Å². The van der Waals surface area contributed by atoms with Crippen molar-refractivity contribution in [2.45, 2.75) is 19.8 Å². The lowest BCUT2D eigenvalue weighted by atomic mass is 9.89. The molecule has 0 unspecified atom stereocenters. The summed E-state index contributed by atoms with van der Waals surface area (Å²) >= 11 is 0. The molecule has 0 bridgehead atoms. The van der Waals surface area contributed by atoms with Gasteiger partial charge in [-0.25, -0.2) is 0 Å². The molecule has 1 amide bonds. The third kappa shape index (κ3) is 3.70. The number of benzene rings is 1. The molecule has 1 aromatic rings. The van der Waals surface area contributed by atoms with E-state index in [1.807, 2.05) is 24.3 Å². The zero-order chi connectivity index (χ0) is 13.7. The zero-order valence-corrected chi connectivity index (χ0v) is 11.6. The van der Waals surface area contributed by atoms with Crippen LogP contribution in [-0.4, -0.2) is 32.8 Å². The van der Waals surface area contributed by atoms with Crippen LogP contribution in [0.2, 0.25) is 0 Å². The van der Waals surface area contributed by atoms with Crippen molar-refractivity contribution >= 4 is 5.91 Å². The van der Waals surface area contributed by atoms with Crippen LogP contribution in [0.15, 0.2) is 24.3 Å². The lowest BCUT2D eigenvalue weighted by Gasteiger charge is -2.38. The van der Waals surface area contributed by atoms with E-state index in [0.29, 0.717) is 19.4 Å². The average molecular weight is 263 g/mol. The van der Waals surface area contributed by atoms with Crippen LogP contribution in [0.3, 0.4) is 0 Å². The van der Waals surface area contributed by atoms with E-state index in [0.717, 1.165) is 24.5 Å². The molecule has 1 aliphatic rings. The summed E-state index contributed by atoms with van der Waals surface area (Å²) in [5, 5.41) is 2.97. The minimum Gasteiger partial charge on any atom is -0.496 e. The summed E-state index contributed by atoms with van der Waals surface area (Å²) in [7, 11) is 1.65. The summed E-state index contributed by atoms with van der Waals surface area (Å²) in [4.78, 5) is 11.8. The molecule has 1 fully saturated rings. The van der Waals surface area contributed by atoms with E-state index in [1.165, 1.54) is 0 Å². The van der Waals surface area contributed by atoms with Gasteiger partial charge in [-0.15, -0.1) is 0 Å². The molecule has 0 atom stereocenters. The lowest BCUT2D eigenvalue weighted by Crippen LogP contribution is -2.48. The van der Waals surface area contributed by atoms with E-state index >= 15 is 0 Å². The summed E-state index contributed by atoms with van der Waals surface area (Å²) in [6.07, 6.45) is 1.18. The van der Waals surface area contributed by atoms with Gasteiger partial charge in [-0.3, -0.25) is 4.79 Å². The monoisotopic (exact) mass is 263 g/mol. The summed E-state index contributed by atoms with van der Waals surface area (Å²) in [5.74, 6) is 0.925. The summed E-state index contributed by atoms with van der Waals surface area (Å²) in [6, 6.07) is 7.80. The van der Waals surface area contributed by atoms with Crippen molar-refractivity contribution in [1.29, 1.82) is 0 Å². The molecule has 0 aliphatic carbocycles. The van der Waals surface area contributed by atoms with E-state index < -0.39 is 0 Å². The number of aryl methyl sites for hydroxylation is 1. The summed E-state index contributed by atoms with van der Waals surface area (Å²) in [6.45, 7) is 4.29. The molecule has 0 radical (unpaired) electrons. The van der Waals surface area contributed by atoms with Gasteiger partial charge in [0.25, 0.3) is 0 Å². The first kappa shape index (κ1) is 13.9. The minimum atomic E-state index is 0.0824. The second-order valence-corrected chi connectivity index (χ2v) is 5.39. The number of methoxy groups -OCH3 is 1. The minimum absolute atomic E-state index is 0.0824. The van der Waals surface area contributed by atoms with Crippen LogP contribution in [0, 0.1) is 5.41 Å². The molecule has 104 valence electrons. The van der Waals surface area contributed by atoms with E-state index in [2.05, 4.69) is 12.2 Å². The van der Waals surface area contributed by atoms with Gasteiger partial charge in [0.05, 0.1) is 20.3 Å². The van der Waals surface area contributed by atoms with Gasteiger partial charge in [0.15, 0.2) is 0 Å². The smallest absolute Gasteiger partial charge is 0.220 e. The molecule has 1 N–H and O–H groups in total. The summed E-state index contributed by atoms with van der Waals surface area (Å²) < 4.78 is 10.4. The number of amides is 1. The predicted molar refractivity (Wildman–Crippen MR) is 73.3 cm³/mol. The number of carbonyl (C=O) groups is 1. The molecular formula is C15H21NO3. The number of hydrogen-bond donors (Lipinski definition) is 1. The second kappa shape index (κ2) is 6.06. The topological polar surface area (TPSA) is 47.6 Å². The lowest BCUT2D eigenvalue weighted by molar-refractivity contribution is -0.126. The highest BCUT2D eigenvalue weighted by atomic mass is 16.5. The largest absolute Gasteiger partial charge is 0.496 e. The Morgan fingerprint density at radius 1 is 1.42 bits per heavy atom. The Hall–Kier alpha value is -1.55. The van der Waals surface area contributed by atoms with Crippen LogP contribution in [0.5, 0.6) is 5.75 Å². The number of carbonyl (C=O) groups excluding carboxylic acids is 1. The molecule has 1 saturated heterocycles. The Labute approximate surface area is 114 Å². The standard InChI is InChI=1S/C15H21NO3/c1-15(10-19-11-15)9-16-14(17)8-7-12-5-3-4-6-13(12)18-2/h3-6H,7-11H2,1-2H3,(H,16,17). The molecule has 0 spiro atoms. The molecule has 2 rings (SSSR count). The summed E-state index contributed by atoms with van der Waals surface area (Å²) in [5.41, 5.74) is 1.19. The normalized spacial score (nSPS) is 16.5. The number of rotatable bonds is 6. The predicted octanol–water partition coefficient (Wildman–Crippen LogP) is 1.78. The maximum absolute atomic E-state index is 11.8. The number of hydrogen-bond acceptors (Lipinski definition) is 3. The van der Waals surface area contributed by atoms with Gasteiger partial charge in [-0.05, 0) is 18.1 Å². The van der Waals surface area contributed by atoms with Gasteiger partial charge in [-0.2, -0.15) is 0 Å². The van der Waals surface area contributed by atoms with Crippen LogP contribution in [0.25, 0.3) is 0 Å². The highest BCUT2D eigenvalue weighted by Gasteiger charge is 2.33. The number of para-hydroxylation sites is 1. The molecule has 19 heavy (non-hydrogen) atoms. The fraction of sp³-hybridized carbons (Fsp3) is 0.533. The van der Waals surface area contributed by atoms with Gasteiger partial charge in [0.1, 0.15) is 5.75 Å². The van der Waals surface area contributed by atoms with Crippen LogP contribution in [-0.2, 0) is 16.0 Å². The fourth-order valence-corrected chi connectivity index (χ4v) is 2.11. The first-order chi connectivity index (χ1) is 9.13. The highest BCUT2D eigenvalue weighted by molar-refractivity contribution is 5.76. The quantitative estimate of drug-likeness (QED) is 0.851. The molecular weight excluding hydrogens is 242 g/mol. The van der Waals surface area contributed by atoms with Crippen LogP contribution in [0.1, 0.15) is 18.9 Å². The third-order valence-corrected chi connectivity index (χ3v) is 3.43. The molecule has 4 nitrogen and oxygen atoms in total. The van der Waals surface area contributed by atoms with Crippen LogP contribution < -0.4 is 10.1 Å². The van der Waals surface area contributed by atoms with Crippen molar-refractivity contribution in [1.82, 2.24) is 5.32 Å². The molecule has 1 aliphatic heterocycles. The van der Waals surface area contributed by atoms with Crippen LogP contribution >= 0.6 is 0 Å². The van der Waals surface area contributed by atoms with Crippen molar-refractivity contribution in [3.8, 4) is 5.75 Å². The Balaban J connectivity index is 1.76. The average Bonchev–Trinajstić information content (AvgIpc) is 2.41. The zero-order valence-electron chi connectivity index (χ0n) is 11.6.